The smallest absolute Gasteiger partial charge is 0.263 e. The van der Waals surface area contributed by atoms with Crippen LogP contribution >= 0.6 is 31.9 Å². The van der Waals surface area contributed by atoms with Crippen molar-refractivity contribution < 1.29 is 21.9 Å². The van der Waals surface area contributed by atoms with E-state index < -0.39 is 19.9 Å². The second-order valence-electron chi connectivity index (χ2n) is 4.76. The van der Waals surface area contributed by atoms with Crippen LogP contribution in [0.1, 0.15) is 6.92 Å². The van der Waals surface area contributed by atoms with Gasteiger partial charge in [-0.05, 0) is 52.3 Å². The Bertz CT molecular complexity index is 988. The summed E-state index contributed by atoms with van der Waals surface area (Å²) in [6, 6.07) is 8.05. The topological polar surface area (TPSA) is 101 Å². The number of sulfonamides is 1. The first-order chi connectivity index (χ1) is 11.1. The van der Waals surface area contributed by atoms with Crippen molar-refractivity contribution in [1.29, 1.82) is 0 Å². The lowest BCUT2D eigenvalue weighted by Gasteiger charge is -2.12. The summed E-state index contributed by atoms with van der Waals surface area (Å²) >= 11 is 6.35. The maximum Gasteiger partial charge on any atom is 0.263 e. The monoisotopic (exact) mass is 497 g/mol. The van der Waals surface area contributed by atoms with Crippen LogP contribution in [-0.2, 0) is 19.9 Å². The van der Waals surface area contributed by atoms with Crippen molar-refractivity contribution in [2.24, 2.45) is 0 Å². The number of aromatic hydroxyl groups is 1. The molecular formula is C14H13Br2NO5S2. The largest absolute Gasteiger partial charge is 0.506 e. The third-order valence-corrected chi connectivity index (χ3v) is 7.72. The molecule has 6 nitrogen and oxygen atoms in total. The molecule has 0 aliphatic heterocycles. The van der Waals surface area contributed by atoms with Crippen molar-refractivity contribution in [3.63, 3.8) is 0 Å². The van der Waals surface area contributed by atoms with Gasteiger partial charge in [0.05, 0.1) is 16.3 Å². The SMILES string of the molecule is CCS(=O)(=O)c1ccc(O)c(NS(=O)(=O)c2cc(Br)ccc2Br)c1. The summed E-state index contributed by atoms with van der Waals surface area (Å²) in [5, 5.41) is 9.86. The van der Waals surface area contributed by atoms with Crippen molar-refractivity contribution in [3.8, 4) is 5.75 Å². The van der Waals surface area contributed by atoms with Gasteiger partial charge in [-0.15, -0.1) is 0 Å². The van der Waals surface area contributed by atoms with Gasteiger partial charge in [0.15, 0.2) is 9.84 Å². The van der Waals surface area contributed by atoms with E-state index in [1.54, 1.807) is 12.1 Å². The molecule has 24 heavy (non-hydrogen) atoms. The van der Waals surface area contributed by atoms with Crippen molar-refractivity contribution in [2.45, 2.75) is 16.7 Å². The second-order valence-corrected chi connectivity index (χ2v) is 10.5. The predicted octanol–water partition coefficient (Wildman–Crippen LogP) is 3.51. The zero-order chi connectivity index (χ0) is 18.1. The van der Waals surface area contributed by atoms with Gasteiger partial charge in [0.1, 0.15) is 10.6 Å². The van der Waals surface area contributed by atoms with E-state index in [1.807, 2.05) is 0 Å². The first-order valence-corrected chi connectivity index (χ1v) is 11.3. The minimum Gasteiger partial charge on any atom is -0.506 e. The number of phenolic OH excluding ortho intramolecular Hbond substituents is 1. The lowest BCUT2D eigenvalue weighted by molar-refractivity contribution is 0.477. The minimum absolute atomic E-state index is 0.0555. The van der Waals surface area contributed by atoms with Crippen LogP contribution in [0.2, 0.25) is 0 Å². The van der Waals surface area contributed by atoms with E-state index in [0.717, 1.165) is 12.1 Å². The van der Waals surface area contributed by atoms with E-state index in [2.05, 4.69) is 36.6 Å². The van der Waals surface area contributed by atoms with E-state index in [-0.39, 0.29) is 27.0 Å². The van der Waals surface area contributed by atoms with Gasteiger partial charge < -0.3 is 5.11 Å². The van der Waals surface area contributed by atoms with Crippen molar-refractivity contribution in [3.05, 3.63) is 45.3 Å². The molecule has 0 amide bonds. The molecule has 0 saturated carbocycles. The highest BCUT2D eigenvalue weighted by Gasteiger charge is 2.21. The van der Waals surface area contributed by atoms with Crippen LogP contribution in [0, 0.1) is 0 Å². The number of halogens is 2. The third kappa shape index (κ3) is 4.11. The van der Waals surface area contributed by atoms with Crippen LogP contribution in [-0.4, -0.2) is 27.7 Å². The fraction of sp³-hybridized carbons (Fsp3) is 0.143. The maximum atomic E-state index is 12.5. The summed E-state index contributed by atoms with van der Waals surface area (Å²) in [4.78, 5) is -0.131. The molecule has 0 saturated heterocycles. The van der Waals surface area contributed by atoms with Crippen molar-refractivity contribution in [2.75, 3.05) is 10.5 Å². The fourth-order valence-electron chi connectivity index (χ4n) is 1.84. The Balaban J connectivity index is 2.51. The number of anilines is 1. The van der Waals surface area contributed by atoms with Gasteiger partial charge in [0, 0.05) is 8.95 Å². The van der Waals surface area contributed by atoms with Crippen LogP contribution in [0.25, 0.3) is 0 Å². The average Bonchev–Trinajstić information content (AvgIpc) is 2.51. The predicted molar refractivity (Wildman–Crippen MR) is 98.5 cm³/mol. The lowest BCUT2D eigenvalue weighted by Crippen LogP contribution is -2.14. The van der Waals surface area contributed by atoms with Gasteiger partial charge >= 0.3 is 0 Å². The van der Waals surface area contributed by atoms with Gasteiger partial charge in [-0.1, -0.05) is 22.9 Å². The van der Waals surface area contributed by atoms with Crippen LogP contribution < -0.4 is 4.72 Å². The average molecular weight is 499 g/mol. The molecular weight excluding hydrogens is 486 g/mol. The lowest BCUT2D eigenvalue weighted by atomic mass is 10.3. The summed E-state index contributed by atoms with van der Waals surface area (Å²) < 4.78 is 52.0. The molecule has 10 heteroatoms. The Morgan fingerprint density at radius 1 is 1.04 bits per heavy atom. The number of nitrogens with one attached hydrogen (secondary N) is 1. The molecule has 2 N–H and O–H groups in total. The number of sulfone groups is 1. The molecule has 0 heterocycles. The highest BCUT2D eigenvalue weighted by atomic mass is 79.9. The van der Waals surface area contributed by atoms with E-state index >= 15 is 0 Å². The van der Waals surface area contributed by atoms with Gasteiger partial charge in [0.2, 0.25) is 0 Å². The molecule has 0 bridgehead atoms. The molecule has 0 fully saturated rings. The first-order valence-electron chi connectivity index (χ1n) is 6.60. The molecule has 0 unspecified atom stereocenters. The van der Waals surface area contributed by atoms with E-state index in [0.29, 0.717) is 8.95 Å². The summed E-state index contributed by atoms with van der Waals surface area (Å²) in [5.41, 5.74) is -0.212. The Morgan fingerprint density at radius 3 is 2.33 bits per heavy atom. The summed E-state index contributed by atoms with van der Waals surface area (Å²) in [7, 11) is -7.57. The Morgan fingerprint density at radius 2 is 1.71 bits per heavy atom. The molecule has 130 valence electrons. The molecule has 0 aliphatic rings. The quantitative estimate of drug-likeness (QED) is 0.614. The molecule has 0 atom stereocenters. The van der Waals surface area contributed by atoms with Crippen molar-refractivity contribution in [1.82, 2.24) is 0 Å². The maximum absolute atomic E-state index is 12.5. The Hall–Kier alpha value is -1.10. The summed E-state index contributed by atoms with van der Waals surface area (Å²) in [5.74, 6) is -0.513. The van der Waals surface area contributed by atoms with Gasteiger partial charge in [-0.25, -0.2) is 16.8 Å². The normalized spacial score (nSPS) is 12.1. The summed E-state index contributed by atoms with van der Waals surface area (Å²) in [6.07, 6.45) is 0. The second kappa shape index (κ2) is 7.03. The number of phenols is 1. The van der Waals surface area contributed by atoms with Gasteiger partial charge in [-0.3, -0.25) is 4.72 Å². The van der Waals surface area contributed by atoms with Crippen LogP contribution in [0.4, 0.5) is 5.69 Å². The Kier molecular flexibility index (Phi) is 5.63. The number of hydrogen-bond acceptors (Lipinski definition) is 5. The number of benzene rings is 2. The summed E-state index contributed by atoms with van der Waals surface area (Å²) in [6.45, 7) is 1.48. The van der Waals surface area contributed by atoms with E-state index in [1.165, 1.54) is 19.1 Å². The molecule has 2 aromatic rings. The molecule has 2 aromatic carbocycles. The standard InChI is InChI=1S/C14H13Br2NO5S2/c1-2-23(19,20)10-4-6-13(18)12(8-10)17-24(21,22)14-7-9(15)3-5-11(14)16/h3-8,17-18H,2H2,1H3. The highest BCUT2D eigenvalue weighted by Crippen LogP contribution is 2.32. The molecule has 2 rings (SSSR count). The zero-order valence-corrected chi connectivity index (χ0v) is 17.1. The van der Waals surface area contributed by atoms with E-state index in [4.69, 9.17) is 0 Å². The minimum atomic E-state index is -4.04. The van der Waals surface area contributed by atoms with Crippen LogP contribution in [0.15, 0.2) is 55.1 Å². The van der Waals surface area contributed by atoms with Crippen molar-refractivity contribution >= 4 is 57.4 Å². The number of hydrogen-bond donors (Lipinski definition) is 2. The van der Waals surface area contributed by atoms with Crippen LogP contribution in [0.5, 0.6) is 5.75 Å². The van der Waals surface area contributed by atoms with Gasteiger partial charge in [0.25, 0.3) is 10.0 Å². The fourth-order valence-corrected chi connectivity index (χ4v) is 5.31. The zero-order valence-electron chi connectivity index (χ0n) is 12.3. The Labute approximate surface area is 157 Å². The highest BCUT2D eigenvalue weighted by molar-refractivity contribution is 9.11. The molecule has 0 radical (unpaired) electrons. The number of rotatable bonds is 5. The third-order valence-electron chi connectivity index (χ3n) is 3.13. The van der Waals surface area contributed by atoms with Gasteiger partial charge in [-0.2, -0.15) is 0 Å². The van der Waals surface area contributed by atoms with Crippen LogP contribution in [0.3, 0.4) is 0 Å². The van der Waals surface area contributed by atoms with E-state index in [9.17, 15) is 21.9 Å². The molecule has 0 aliphatic carbocycles. The first kappa shape index (κ1) is 19.2. The molecule has 0 aromatic heterocycles. The molecule has 0 spiro atoms.